The number of Topliss-reactive ketones (excluding diaryl/α,β-unsaturated/α-hetero) is 1. The van der Waals surface area contributed by atoms with Crippen LogP contribution in [-0.4, -0.2) is 38.4 Å². The molecule has 1 aliphatic heterocycles. The van der Waals surface area contributed by atoms with Gasteiger partial charge in [0.25, 0.3) is 0 Å². The minimum atomic E-state index is -2.90. The third-order valence-electron chi connectivity index (χ3n) is 4.49. The molecule has 29 heavy (non-hydrogen) atoms. The average Bonchev–Trinajstić information content (AvgIpc) is 2.72. The van der Waals surface area contributed by atoms with Crippen LogP contribution in [0.25, 0.3) is 0 Å². The summed E-state index contributed by atoms with van der Waals surface area (Å²) in [6, 6.07) is 13.2. The zero-order valence-corrected chi connectivity index (χ0v) is 17.7. The highest BCUT2D eigenvalue weighted by molar-refractivity contribution is 8.93. The van der Waals surface area contributed by atoms with Crippen LogP contribution in [0.1, 0.15) is 29.6 Å². The number of nitrogens with zero attached hydrogens (tertiary/aromatic N) is 2. The zero-order chi connectivity index (χ0) is 19.9. The number of amidine groups is 1. The number of para-hydroxylation sites is 2. The summed E-state index contributed by atoms with van der Waals surface area (Å²) in [5, 5.41) is 0. The minimum Gasteiger partial charge on any atom is -0.495 e. The van der Waals surface area contributed by atoms with Gasteiger partial charge in [0, 0.05) is 18.5 Å². The number of ether oxygens (including phenoxy) is 2. The third kappa shape index (κ3) is 6.00. The Labute approximate surface area is 179 Å². The standard InChI is InChI=1S/C21H22F2N2O3.BrH/c1-27-19-7-3-2-6-17(19)25(20-8-4-5-13-24-20)14-18(26)15-9-11-16(12-10-15)28-21(22)23;/h2-3,6-7,9-12,21H,4-5,8,13-14H2,1H3;1H. The molecule has 0 N–H and O–H groups in total. The van der Waals surface area contributed by atoms with E-state index in [-0.39, 0.29) is 35.1 Å². The van der Waals surface area contributed by atoms with Gasteiger partial charge in [0.1, 0.15) is 17.3 Å². The molecule has 0 spiro atoms. The number of benzene rings is 2. The Kier molecular flexibility index (Phi) is 8.57. The van der Waals surface area contributed by atoms with Gasteiger partial charge < -0.3 is 14.4 Å². The summed E-state index contributed by atoms with van der Waals surface area (Å²) in [6.07, 6.45) is 2.83. The maximum Gasteiger partial charge on any atom is 0.387 e. The number of hydrogen-bond acceptors (Lipinski definition) is 5. The number of rotatable bonds is 7. The van der Waals surface area contributed by atoms with E-state index in [9.17, 15) is 13.6 Å². The summed E-state index contributed by atoms with van der Waals surface area (Å²) in [6.45, 7) is -2.09. The Balaban J connectivity index is 0.00000300. The summed E-state index contributed by atoms with van der Waals surface area (Å²) in [4.78, 5) is 19.4. The molecule has 1 aliphatic rings. The lowest BCUT2D eigenvalue weighted by molar-refractivity contribution is -0.0498. The van der Waals surface area contributed by atoms with E-state index in [2.05, 4.69) is 9.73 Å². The molecular weight excluding hydrogens is 446 g/mol. The lowest BCUT2D eigenvalue weighted by atomic mass is 10.1. The smallest absolute Gasteiger partial charge is 0.387 e. The highest BCUT2D eigenvalue weighted by atomic mass is 79.9. The summed E-state index contributed by atoms with van der Waals surface area (Å²) in [5.41, 5.74) is 1.19. The van der Waals surface area contributed by atoms with Crippen molar-refractivity contribution in [2.75, 3.05) is 25.1 Å². The fourth-order valence-corrected chi connectivity index (χ4v) is 3.13. The predicted octanol–water partition coefficient (Wildman–Crippen LogP) is 5.15. The fourth-order valence-electron chi connectivity index (χ4n) is 3.13. The SMILES string of the molecule is Br.COc1ccccc1N(CC(=O)c1ccc(OC(F)F)cc1)C1=NCCCC1. The van der Waals surface area contributed by atoms with Crippen LogP contribution in [-0.2, 0) is 0 Å². The van der Waals surface area contributed by atoms with Gasteiger partial charge in [0.2, 0.25) is 0 Å². The van der Waals surface area contributed by atoms with Crippen LogP contribution in [0.2, 0.25) is 0 Å². The van der Waals surface area contributed by atoms with E-state index in [0.29, 0.717) is 11.3 Å². The topological polar surface area (TPSA) is 51.1 Å². The molecule has 5 nitrogen and oxygen atoms in total. The largest absolute Gasteiger partial charge is 0.495 e. The molecule has 0 unspecified atom stereocenters. The van der Waals surface area contributed by atoms with Gasteiger partial charge >= 0.3 is 6.61 Å². The van der Waals surface area contributed by atoms with Gasteiger partial charge in [-0.1, -0.05) is 12.1 Å². The molecule has 156 valence electrons. The van der Waals surface area contributed by atoms with Crippen LogP contribution in [0.3, 0.4) is 0 Å². The van der Waals surface area contributed by atoms with Gasteiger partial charge in [-0.25, -0.2) is 0 Å². The first-order valence-electron chi connectivity index (χ1n) is 9.10. The average molecular weight is 469 g/mol. The van der Waals surface area contributed by atoms with Crippen molar-refractivity contribution in [2.24, 2.45) is 4.99 Å². The number of aliphatic imine (C=N–C) groups is 1. The second kappa shape index (κ2) is 10.9. The van der Waals surface area contributed by atoms with Crippen LogP contribution in [0.4, 0.5) is 14.5 Å². The van der Waals surface area contributed by atoms with E-state index in [4.69, 9.17) is 4.74 Å². The number of ketones is 1. The highest BCUT2D eigenvalue weighted by Crippen LogP contribution is 2.30. The van der Waals surface area contributed by atoms with E-state index < -0.39 is 6.61 Å². The molecule has 8 heteroatoms. The maximum absolute atomic E-state index is 12.9. The van der Waals surface area contributed by atoms with Gasteiger partial charge in [-0.2, -0.15) is 8.78 Å². The molecule has 3 rings (SSSR count). The van der Waals surface area contributed by atoms with Crippen molar-refractivity contribution in [2.45, 2.75) is 25.9 Å². The lowest BCUT2D eigenvalue weighted by Gasteiger charge is -2.29. The number of halogens is 3. The van der Waals surface area contributed by atoms with Gasteiger partial charge in [-0.3, -0.25) is 9.79 Å². The van der Waals surface area contributed by atoms with E-state index in [0.717, 1.165) is 37.3 Å². The normalized spacial score (nSPS) is 13.3. The number of carbonyl (C=O) groups is 1. The van der Waals surface area contributed by atoms with Crippen LogP contribution >= 0.6 is 17.0 Å². The van der Waals surface area contributed by atoms with Crippen LogP contribution in [0.5, 0.6) is 11.5 Å². The molecule has 0 amide bonds. The Hall–Kier alpha value is -2.48. The predicted molar refractivity (Wildman–Crippen MR) is 114 cm³/mol. The zero-order valence-electron chi connectivity index (χ0n) is 16.0. The van der Waals surface area contributed by atoms with Crippen molar-refractivity contribution >= 4 is 34.3 Å². The maximum atomic E-state index is 12.9. The second-order valence-electron chi connectivity index (χ2n) is 6.34. The quantitative estimate of drug-likeness (QED) is 0.527. The summed E-state index contributed by atoms with van der Waals surface area (Å²) in [7, 11) is 1.59. The first kappa shape index (κ1) is 22.8. The first-order chi connectivity index (χ1) is 13.6. The third-order valence-corrected chi connectivity index (χ3v) is 4.49. The Bertz CT molecular complexity index is 844. The highest BCUT2D eigenvalue weighted by Gasteiger charge is 2.22. The summed E-state index contributed by atoms with van der Waals surface area (Å²) < 4.78 is 34.4. The summed E-state index contributed by atoms with van der Waals surface area (Å²) in [5.74, 6) is 1.37. The van der Waals surface area contributed by atoms with E-state index in [1.54, 1.807) is 7.11 Å². The fraction of sp³-hybridized carbons (Fsp3) is 0.333. The molecule has 0 aromatic heterocycles. The lowest BCUT2D eigenvalue weighted by Crippen LogP contribution is -2.37. The number of carbonyl (C=O) groups excluding carboxylic acids is 1. The van der Waals surface area contributed by atoms with Crippen LogP contribution in [0, 0.1) is 0 Å². The Morgan fingerprint density at radius 3 is 2.48 bits per heavy atom. The molecule has 2 aromatic rings. The van der Waals surface area contributed by atoms with Crippen LogP contribution in [0.15, 0.2) is 53.5 Å². The Morgan fingerprint density at radius 2 is 1.86 bits per heavy atom. The number of alkyl halides is 2. The molecule has 0 bridgehead atoms. The molecule has 1 heterocycles. The van der Waals surface area contributed by atoms with E-state index in [1.807, 2.05) is 29.2 Å². The summed E-state index contributed by atoms with van der Waals surface area (Å²) >= 11 is 0. The molecule has 0 atom stereocenters. The van der Waals surface area contributed by atoms with Crippen molar-refractivity contribution < 1.29 is 23.0 Å². The molecular formula is C21H23BrF2N2O3. The van der Waals surface area contributed by atoms with Gasteiger partial charge in [-0.05, 0) is 49.2 Å². The van der Waals surface area contributed by atoms with Crippen molar-refractivity contribution in [1.82, 2.24) is 0 Å². The van der Waals surface area contributed by atoms with Crippen molar-refractivity contribution in [1.29, 1.82) is 0 Å². The molecule has 0 saturated carbocycles. The van der Waals surface area contributed by atoms with E-state index in [1.165, 1.54) is 24.3 Å². The number of anilines is 1. The first-order valence-corrected chi connectivity index (χ1v) is 9.10. The number of methoxy groups -OCH3 is 1. The molecule has 0 saturated heterocycles. The molecule has 0 radical (unpaired) electrons. The van der Waals surface area contributed by atoms with Crippen molar-refractivity contribution in [3.63, 3.8) is 0 Å². The van der Waals surface area contributed by atoms with Crippen molar-refractivity contribution in [3.8, 4) is 11.5 Å². The van der Waals surface area contributed by atoms with E-state index >= 15 is 0 Å². The minimum absolute atomic E-state index is 0. The molecule has 0 aliphatic carbocycles. The second-order valence-corrected chi connectivity index (χ2v) is 6.34. The van der Waals surface area contributed by atoms with Gasteiger partial charge in [0.05, 0.1) is 19.3 Å². The monoisotopic (exact) mass is 468 g/mol. The van der Waals surface area contributed by atoms with Gasteiger partial charge in [-0.15, -0.1) is 17.0 Å². The van der Waals surface area contributed by atoms with Crippen molar-refractivity contribution in [3.05, 3.63) is 54.1 Å². The number of hydrogen-bond donors (Lipinski definition) is 0. The van der Waals surface area contributed by atoms with Gasteiger partial charge in [0.15, 0.2) is 5.78 Å². The van der Waals surface area contributed by atoms with Crippen LogP contribution < -0.4 is 14.4 Å². The Morgan fingerprint density at radius 1 is 1.14 bits per heavy atom. The molecule has 0 fully saturated rings. The molecule has 2 aromatic carbocycles.